The SMILES string of the molecule is Cc1cc(OCC(=O)N(Cc2ccco2)CC(F)(F)F)nnc1C. The van der Waals surface area contributed by atoms with E-state index in [1.54, 1.807) is 19.9 Å². The van der Waals surface area contributed by atoms with Crippen LogP contribution in [0.2, 0.25) is 0 Å². The van der Waals surface area contributed by atoms with Crippen LogP contribution in [-0.4, -0.2) is 40.3 Å². The molecule has 24 heavy (non-hydrogen) atoms. The molecule has 0 fully saturated rings. The second kappa shape index (κ2) is 7.33. The van der Waals surface area contributed by atoms with Crippen LogP contribution in [0.15, 0.2) is 28.9 Å². The van der Waals surface area contributed by atoms with Gasteiger partial charge in [-0.05, 0) is 31.5 Å². The minimum atomic E-state index is -4.53. The fourth-order valence-corrected chi connectivity index (χ4v) is 1.86. The Bertz CT molecular complexity index is 687. The highest BCUT2D eigenvalue weighted by molar-refractivity contribution is 5.77. The molecule has 0 atom stereocenters. The maximum atomic E-state index is 12.7. The number of nitrogens with zero attached hydrogens (tertiary/aromatic N) is 3. The van der Waals surface area contributed by atoms with Crippen LogP contribution in [0, 0.1) is 13.8 Å². The zero-order chi connectivity index (χ0) is 17.7. The number of halogens is 3. The predicted molar refractivity (Wildman–Crippen MR) is 77.2 cm³/mol. The van der Waals surface area contributed by atoms with E-state index in [0.29, 0.717) is 10.6 Å². The lowest BCUT2D eigenvalue weighted by Gasteiger charge is -2.23. The van der Waals surface area contributed by atoms with Gasteiger partial charge in [-0.1, -0.05) is 0 Å². The van der Waals surface area contributed by atoms with E-state index in [9.17, 15) is 18.0 Å². The van der Waals surface area contributed by atoms with Crippen molar-refractivity contribution in [3.63, 3.8) is 0 Å². The van der Waals surface area contributed by atoms with Gasteiger partial charge in [0.1, 0.15) is 12.3 Å². The summed E-state index contributed by atoms with van der Waals surface area (Å²) in [6, 6.07) is 4.59. The molecule has 6 nitrogen and oxygen atoms in total. The number of hydrogen-bond donors (Lipinski definition) is 0. The van der Waals surface area contributed by atoms with Crippen molar-refractivity contribution < 1.29 is 27.1 Å². The van der Waals surface area contributed by atoms with Gasteiger partial charge in [-0.3, -0.25) is 4.79 Å². The quantitative estimate of drug-likeness (QED) is 0.807. The van der Waals surface area contributed by atoms with Gasteiger partial charge < -0.3 is 14.1 Å². The summed E-state index contributed by atoms with van der Waals surface area (Å²) in [4.78, 5) is 12.7. The van der Waals surface area contributed by atoms with Crippen molar-refractivity contribution in [3.05, 3.63) is 41.5 Å². The fraction of sp³-hybridized carbons (Fsp3) is 0.400. The number of rotatable bonds is 6. The summed E-state index contributed by atoms with van der Waals surface area (Å²) in [6.07, 6.45) is -3.20. The Hall–Kier alpha value is -2.58. The summed E-state index contributed by atoms with van der Waals surface area (Å²) in [5.41, 5.74) is 1.50. The number of ether oxygens (including phenoxy) is 1. The molecule has 0 aromatic carbocycles. The van der Waals surface area contributed by atoms with Gasteiger partial charge in [0.15, 0.2) is 6.61 Å². The van der Waals surface area contributed by atoms with Crippen molar-refractivity contribution in [1.82, 2.24) is 15.1 Å². The first-order valence-electron chi connectivity index (χ1n) is 7.05. The van der Waals surface area contributed by atoms with Crippen LogP contribution in [-0.2, 0) is 11.3 Å². The van der Waals surface area contributed by atoms with Gasteiger partial charge in [0.25, 0.3) is 5.91 Å². The molecule has 2 rings (SSSR count). The van der Waals surface area contributed by atoms with E-state index in [1.807, 2.05) is 0 Å². The Morgan fingerprint density at radius 1 is 1.33 bits per heavy atom. The van der Waals surface area contributed by atoms with Crippen molar-refractivity contribution in [2.24, 2.45) is 0 Å². The third kappa shape index (κ3) is 5.25. The van der Waals surface area contributed by atoms with Crippen LogP contribution in [0.25, 0.3) is 0 Å². The standard InChI is InChI=1S/C15H16F3N3O3/c1-10-6-13(20-19-11(10)2)24-8-14(22)21(9-15(16,17)18)7-12-4-3-5-23-12/h3-6H,7-9H2,1-2H3. The molecule has 0 aliphatic carbocycles. The molecule has 2 aromatic heterocycles. The normalized spacial score (nSPS) is 11.4. The predicted octanol–water partition coefficient (Wildman–Crippen LogP) is 2.66. The molecule has 1 amide bonds. The molecular formula is C15H16F3N3O3. The van der Waals surface area contributed by atoms with Crippen LogP contribution >= 0.6 is 0 Å². The topological polar surface area (TPSA) is 68.5 Å². The average Bonchev–Trinajstić information content (AvgIpc) is 2.99. The van der Waals surface area contributed by atoms with Crippen molar-refractivity contribution in [1.29, 1.82) is 0 Å². The fourth-order valence-electron chi connectivity index (χ4n) is 1.86. The van der Waals surface area contributed by atoms with E-state index in [0.717, 1.165) is 5.56 Å². The van der Waals surface area contributed by atoms with E-state index in [2.05, 4.69) is 10.2 Å². The average molecular weight is 343 g/mol. The van der Waals surface area contributed by atoms with Crippen LogP contribution in [0.4, 0.5) is 13.2 Å². The molecule has 0 aliphatic heterocycles. The molecular weight excluding hydrogens is 327 g/mol. The molecule has 0 saturated carbocycles. The number of furan rings is 1. The molecule has 2 aromatic rings. The zero-order valence-electron chi connectivity index (χ0n) is 13.1. The highest BCUT2D eigenvalue weighted by Crippen LogP contribution is 2.19. The molecule has 9 heteroatoms. The molecule has 0 spiro atoms. The number of amides is 1. The largest absolute Gasteiger partial charge is 0.467 e. The van der Waals surface area contributed by atoms with Crippen LogP contribution in [0.5, 0.6) is 5.88 Å². The third-order valence-electron chi connectivity index (χ3n) is 3.20. The second-order valence-corrected chi connectivity index (χ2v) is 5.18. The first kappa shape index (κ1) is 17.8. The van der Waals surface area contributed by atoms with E-state index in [4.69, 9.17) is 9.15 Å². The van der Waals surface area contributed by atoms with Crippen LogP contribution in [0.3, 0.4) is 0 Å². The zero-order valence-corrected chi connectivity index (χ0v) is 13.1. The molecule has 0 bridgehead atoms. The summed E-state index contributed by atoms with van der Waals surface area (Å²) < 4.78 is 48.2. The van der Waals surface area contributed by atoms with E-state index in [-0.39, 0.29) is 18.2 Å². The molecule has 0 radical (unpaired) electrons. The highest BCUT2D eigenvalue weighted by atomic mass is 19.4. The molecule has 130 valence electrons. The number of carbonyl (C=O) groups excluding carboxylic acids is 1. The number of aryl methyl sites for hydroxylation is 2. The molecule has 0 saturated heterocycles. The summed E-state index contributed by atoms with van der Waals surface area (Å²) in [6.45, 7) is 1.27. The summed E-state index contributed by atoms with van der Waals surface area (Å²) in [5, 5.41) is 7.56. The van der Waals surface area contributed by atoms with Gasteiger partial charge >= 0.3 is 6.18 Å². The maximum Gasteiger partial charge on any atom is 0.406 e. The van der Waals surface area contributed by atoms with Crippen LogP contribution in [0.1, 0.15) is 17.0 Å². The van der Waals surface area contributed by atoms with Gasteiger partial charge in [-0.2, -0.15) is 18.3 Å². The number of alkyl halides is 3. The van der Waals surface area contributed by atoms with Crippen molar-refractivity contribution in [2.45, 2.75) is 26.6 Å². The summed E-state index contributed by atoms with van der Waals surface area (Å²) in [7, 11) is 0. The van der Waals surface area contributed by atoms with Gasteiger partial charge in [0.05, 0.1) is 18.5 Å². The molecule has 2 heterocycles. The summed E-state index contributed by atoms with van der Waals surface area (Å²) >= 11 is 0. The van der Waals surface area contributed by atoms with Crippen molar-refractivity contribution >= 4 is 5.91 Å². The van der Waals surface area contributed by atoms with E-state index < -0.39 is 25.2 Å². The van der Waals surface area contributed by atoms with Gasteiger partial charge in [0.2, 0.25) is 5.88 Å². The lowest BCUT2D eigenvalue weighted by Crippen LogP contribution is -2.40. The smallest absolute Gasteiger partial charge is 0.406 e. The van der Waals surface area contributed by atoms with Crippen molar-refractivity contribution in [2.75, 3.05) is 13.2 Å². The van der Waals surface area contributed by atoms with Crippen molar-refractivity contribution in [3.8, 4) is 5.88 Å². The first-order chi connectivity index (χ1) is 11.2. The number of hydrogen-bond acceptors (Lipinski definition) is 5. The van der Waals surface area contributed by atoms with Gasteiger partial charge in [0, 0.05) is 6.07 Å². The Morgan fingerprint density at radius 2 is 2.08 bits per heavy atom. The Labute approximate surface area is 136 Å². The highest BCUT2D eigenvalue weighted by Gasteiger charge is 2.33. The Balaban J connectivity index is 2.02. The van der Waals surface area contributed by atoms with Crippen LogP contribution < -0.4 is 4.74 Å². The first-order valence-corrected chi connectivity index (χ1v) is 7.05. The van der Waals surface area contributed by atoms with Gasteiger partial charge in [-0.25, -0.2) is 0 Å². The maximum absolute atomic E-state index is 12.7. The summed E-state index contributed by atoms with van der Waals surface area (Å²) in [5.74, 6) is -0.501. The lowest BCUT2D eigenvalue weighted by atomic mass is 10.2. The van der Waals surface area contributed by atoms with E-state index >= 15 is 0 Å². The molecule has 0 unspecified atom stereocenters. The minimum absolute atomic E-state index is 0.0800. The molecule has 0 N–H and O–H groups in total. The Morgan fingerprint density at radius 3 is 2.67 bits per heavy atom. The minimum Gasteiger partial charge on any atom is -0.467 e. The molecule has 0 aliphatic rings. The second-order valence-electron chi connectivity index (χ2n) is 5.18. The van der Waals surface area contributed by atoms with Gasteiger partial charge in [-0.15, -0.1) is 5.10 Å². The van der Waals surface area contributed by atoms with E-state index in [1.165, 1.54) is 18.4 Å². The Kier molecular flexibility index (Phi) is 5.42. The lowest BCUT2D eigenvalue weighted by molar-refractivity contribution is -0.164. The third-order valence-corrected chi connectivity index (χ3v) is 3.20. The monoisotopic (exact) mass is 343 g/mol. The number of carbonyl (C=O) groups is 1. The number of aromatic nitrogens is 2.